The Morgan fingerprint density at radius 2 is 2.13 bits per heavy atom. The smallest absolute Gasteiger partial charge is 0.407 e. The number of rotatable bonds is 4. The van der Waals surface area contributed by atoms with Crippen molar-refractivity contribution in [1.29, 1.82) is 0 Å². The third-order valence-electron chi connectivity index (χ3n) is 5.94. The fraction of sp³-hybridized carbons (Fsp3) is 0.550. The molecule has 0 spiro atoms. The lowest BCUT2D eigenvalue weighted by atomic mass is 10.1. The monoisotopic (exact) mass is 497 g/mol. The van der Waals surface area contributed by atoms with E-state index in [9.17, 15) is 9.90 Å². The van der Waals surface area contributed by atoms with Crippen molar-refractivity contribution in [2.75, 3.05) is 44.7 Å². The van der Waals surface area contributed by atoms with E-state index < -0.39 is 6.09 Å². The first-order valence-corrected chi connectivity index (χ1v) is 11.2. The molecule has 1 N–H and O–H groups in total. The number of carbonyl (C=O) groups is 1. The number of nitrogens with zero attached hydrogens (tertiary/aromatic N) is 5. The highest BCUT2D eigenvalue weighted by Crippen LogP contribution is 2.34. The summed E-state index contributed by atoms with van der Waals surface area (Å²) in [6, 6.07) is 4.38. The number of likely N-dealkylation sites (tertiary alicyclic amines) is 1. The van der Waals surface area contributed by atoms with Gasteiger partial charge in [0.25, 0.3) is 0 Å². The Kier molecular flexibility index (Phi) is 6.22. The molecular weight excluding hydrogens is 474 g/mol. The molecule has 2 aromatic rings. The zero-order chi connectivity index (χ0) is 21.4. The molecule has 0 aliphatic carbocycles. The number of piperazine rings is 1. The molecule has 1 aromatic heterocycles. The predicted octanol–water partition coefficient (Wildman–Crippen LogP) is 3.71. The summed E-state index contributed by atoms with van der Waals surface area (Å²) < 4.78 is 6.78. The fourth-order valence-corrected chi connectivity index (χ4v) is 4.67. The second kappa shape index (κ2) is 8.72. The maximum Gasteiger partial charge on any atom is 0.407 e. The molecule has 8 nitrogen and oxygen atoms in total. The molecule has 1 aromatic carbocycles. The molecule has 162 valence electrons. The van der Waals surface area contributed by atoms with Crippen molar-refractivity contribution in [2.45, 2.75) is 31.8 Å². The molecule has 0 saturated carbocycles. The van der Waals surface area contributed by atoms with Crippen molar-refractivity contribution in [3.05, 3.63) is 21.6 Å². The first-order chi connectivity index (χ1) is 14.3. The molecule has 0 unspecified atom stereocenters. The van der Waals surface area contributed by atoms with E-state index >= 15 is 0 Å². The second-order valence-electron chi connectivity index (χ2n) is 7.97. The van der Waals surface area contributed by atoms with Gasteiger partial charge >= 0.3 is 12.1 Å². The highest BCUT2D eigenvalue weighted by molar-refractivity contribution is 9.10. The first kappa shape index (κ1) is 21.4. The number of hydrogen-bond acceptors (Lipinski definition) is 6. The van der Waals surface area contributed by atoms with Gasteiger partial charge in [0.15, 0.2) is 0 Å². The minimum absolute atomic E-state index is 0.0378. The Morgan fingerprint density at radius 3 is 2.80 bits per heavy atom. The summed E-state index contributed by atoms with van der Waals surface area (Å²) in [4.78, 5) is 26.6. The number of likely N-dealkylation sites (N-methyl/N-ethyl adjacent to an activating group) is 1. The van der Waals surface area contributed by atoms with Crippen LogP contribution < -0.4 is 9.64 Å². The predicted molar refractivity (Wildman–Crippen MR) is 120 cm³/mol. The van der Waals surface area contributed by atoms with Crippen LogP contribution >= 0.6 is 27.5 Å². The molecule has 4 rings (SSSR count). The number of aromatic nitrogens is 2. The Balaban J connectivity index is 1.67. The van der Waals surface area contributed by atoms with Crippen LogP contribution in [0.2, 0.25) is 5.02 Å². The summed E-state index contributed by atoms with van der Waals surface area (Å²) in [6.07, 6.45) is 1.38. The molecule has 10 heteroatoms. The standard InChI is InChI=1S/C20H25BrClN5O3/c1-12-10-26(20(28)29)6-7-27(12)18-14-8-16(22)15(21)9-17(14)23-19(24-18)30-11-13-4-3-5-25(13)2/h8-9,12-13H,3-7,10-11H2,1-2H3,(H,28,29)/t12-,13-/m0/s1. The van der Waals surface area contributed by atoms with Crippen LogP contribution in [0.5, 0.6) is 6.01 Å². The summed E-state index contributed by atoms with van der Waals surface area (Å²) in [5, 5.41) is 10.7. The van der Waals surface area contributed by atoms with Crippen LogP contribution in [0.4, 0.5) is 10.6 Å². The van der Waals surface area contributed by atoms with Crippen LogP contribution in [0.1, 0.15) is 19.8 Å². The molecule has 2 aliphatic heterocycles. The molecule has 1 amide bonds. The second-order valence-corrected chi connectivity index (χ2v) is 9.23. The SMILES string of the molecule is C[C@H]1CN(C(=O)O)CCN1c1nc(OC[C@@H]2CCCN2C)nc2cc(Br)c(Cl)cc12. The number of benzene rings is 1. The molecule has 3 heterocycles. The van der Waals surface area contributed by atoms with Crippen molar-refractivity contribution in [1.82, 2.24) is 19.8 Å². The van der Waals surface area contributed by atoms with Gasteiger partial charge in [-0.1, -0.05) is 11.6 Å². The number of fused-ring (bicyclic) bond motifs is 1. The summed E-state index contributed by atoms with van der Waals surface area (Å²) in [5.74, 6) is 0.724. The van der Waals surface area contributed by atoms with Gasteiger partial charge in [0, 0.05) is 41.6 Å². The zero-order valence-electron chi connectivity index (χ0n) is 17.0. The first-order valence-electron chi connectivity index (χ1n) is 10.1. The Labute approximate surface area is 188 Å². The van der Waals surface area contributed by atoms with E-state index in [-0.39, 0.29) is 6.04 Å². The van der Waals surface area contributed by atoms with E-state index in [0.717, 1.165) is 34.2 Å². The molecule has 2 saturated heterocycles. The fourth-order valence-electron chi connectivity index (χ4n) is 4.18. The van der Waals surface area contributed by atoms with Crippen molar-refractivity contribution in [2.24, 2.45) is 0 Å². The van der Waals surface area contributed by atoms with Crippen LogP contribution in [0.25, 0.3) is 10.9 Å². The molecular formula is C20H25BrClN5O3. The van der Waals surface area contributed by atoms with Crippen molar-refractivity contribution >= 4 is 50.3 Å². The summed E-state index contributed by atoms with van der Waals surface area (Å²) in [6.45, 7) is 4.98. The highest BCUT2D eigenvalue weighted by Gasteiger charge is 2.29. The van der Waals surface area contributed by atoms with Gasteiger partial charge in [-0.15, -0.1) is 0 Å². The number of halogens is 2. The van der Waals surface area contributed by atoms with Crippen molar-refractivity contribution in [3.8, 4) is 6.01 Å². The van der Waals surface area contributed by atoms with Gasteiger partial charge in [-0.3, -0.25) is 0 Å². The third kappa shape index (κ3) is 4.29. The molecule has 30 heavy (non-hydrogen) atoms. The minimum atomic E-state index is -0.897. The molecule has 0 radical (unpaired) electrons. The maximum atomic E-state index is 11.4. The zero-order valence-corrected chi connectivity index (χ0v) is 19.4. The van der Waals surface area contributed by atoms with E-state index in [0.29, 0.717) is 43.3 Å². The van der Waals surface area contributed by atoms with Gasteiger partial charge in [-0.2, -0.15) is 9.97 Å². The summed E-state index contributed by atoms with van der Waals surface area (Å²) >= 11 is 9.83. The van der Waals surface area contributed by atoms with Gasteiger partial charge in [-0.25, -0.2) is 4.79 Å². The van der Waals surface area contributed by atoms with Crippen LogP contribution in [0.3, 0.4) is 0 Å². The van der Waals surface area contributed by atoms with Gasteiger partial charge < -0.3 is 24.5 Å². The van der Waals surface area contributed by atoms with Crippen LogP contribution in [-0.4, -0.2) is 82.9 Å². The average molecular weight is 499 g/mol. The van der Waals surface area contributed by atoms with Gasteiger partial charge in [0.05, 0.1) is 10.5 Å². The topological polar surface area (TPSA) is 82.0 Å². The van der Waals surface area contributed by atoms with E-state index in [1.54, 1.807) is 0 Å². The van der Waals surface area contributed by atoms with Crippen LogP contribution in [0.15, 0.2) is 16.6 Å². The van der Waals surface area contributed by atoms with Gasteiger partial charge in [0.2, 0.25) is 0 Å². The molecule has 2 atom stereocenters. The van der Waals surface area contributed by atoms with E-state index in [1.165, 1.54) is 11.3 Å². The summed E-state index contributed by atoms with van der Waals surface area (Å²) in [5.41, 5.74) is 0.735. The number of hydrogen-bond donors (Lipinski definition) is 1. The molecule has 0 bridgehead atoms. The molecule has 2 aliphatic rings. The quantitative estimate of drug-likeness (QED) is 0.688. The lowest BCUT2D eigenvalue weighted by molar-refractivity contribution is 0.136. The number of ether oxygens (including phenoxy) is 1. The Hall–Kier alpha value is -1.84. The van der Waals surface area contributed by atoms with Crippen LogP contribution in [0, 0.1) is 0 Å². The van der Waals surface area contributed by atoms with E-state index in [4.69, 9.17) is 21.3 Å². The van der Waals surface area contributed by atoms with E-state index in [2.05, 4.69) is 37.8 Å². The highest BCUT2D eigenvalue weighted by atomic mass is 79.9. The van der Waals surface area contributed by atoms with Crippen LogP contribution in [-0.2, 0) is 0 Å². The third-order valence-corrected chi connectivity index (χ3v) is 7.14. The maximum absolute atomic E-state index is 11.4. The Morgan fingerprint density at radius 1 is 1.33 bits per heavy atom. The normalized spacial score (nSPS) is 22.7. The largest absolute Gasteiger partial charge is 0.465 e. The average Bonchev–Trinajstić information content (AvgIpc) is 3.11. The number of carboxylic acid groups (broad SMARTS) is 1. The van der Waals surface area contributed by atoms with Gasteiger partial charge in [-0.05, 0) is 61.4 Å². The molecule has 2 fully saturated rings. The minimum Gasteiger partial charge on any atom is -0.465 e. The van der Waals surface area contributed by atoms with Crippen molar-refractivity contribution < 1.29 is 14.6 Å². The van der Waals surface area contributed by atoms with Gasteiger partial charge in [0.1, 0.15) is 12.4 Å². The lowest BCUT2D eigenvalue weighted by Gasteiger charge is -2.39. The van der Waals surface area contributed by atoms with E-state index in [1.807, 2.05) is 19.1 Å². The van der Waals surface area contributed by atoms with Crippen molar-refractivity contribution in [3.63, 3.8) is 0 Å². The Bertz CT molecular complexity index is 962. The lowest BCUT2D eigenvalue weighted by Crippen LogP contribution is -2.53. The number of amides is 1. The summed E-state index contributed by atoms with van der Waals surface area (Å²) in [7, 11) is 2.11. The number of anilines is 1.